The normalized spacial score (nSPS) is 22.7. The van der Waals surface area contributed by atoms with Gasteiger partial charge in [0.2, 0.25) is 11.5 Å². The van der Waals surface area contributed by atoms with Crippen LogP contribution in [0.4, 0.5) is 0 Å². The molecule has 102 valence electrons. The molecule has 6 heteroatoms. The van der Waals surface area contributed by atoms with Crippen molar-refractivity contribution in [3.05, 3.63) is 34.2 Å². The topological polar surface area (TPSA) is 105 Å². The molecule has 1 aromatic rings. The molecule has 0 aliphatic heterocycles. The van der Waals surface area contributed by atoms with Gasteiger partial charge in [-0.25, -0.2) is 0 Å². The predicted molar refractivity (Wildman–Crippen MR) is 69.5 cm³/mol. The second-order valence-corrected chi connectivity index (χ2v) is 4.85. The molecule has 1 heterocycles. The molecular formula is C13H17N3O3. The van der Waals surface area contributed by atoms with Crippen molar-refractivity contribution in [2.24, 2.45) is 11.7 Å². The number of primary amides is 1. The number of pyridine rings is 1. The first-order chi connectivity index (χ1) is 9.06. The summed E-state index contributed by atoms with van der Waals surface area (Å²) in [5, 5.41) is 2.86. The molecule has 1 aliphatic carbocycles. The van der Waals surface area contributed by atoms with E-state index >= 15 is 0 Å². The monoisotopic (exact) mass is 263 g/mol. The lowest BCUT2D eigenvalue weighted by Crippen LogP contribution is -2.40. The second kappa shape index (κ2) is 5.69. The SMILES string of the molecule is NC(=O)C1CCC(NC(=O)c2cccc(=O)[nH]2)CC1. The minimum atomic E-state index is -0.301. The lowest BCUT2D eigenvalue weighted by atomic mass is 9.85. The molecule has 0 saturated heterocycles. The van der Waals surface area contributed by atoms with Crippen LogP contribution in [0, 0.1) is 5.92 Å². The number of H-pyrrole nitrogens is 1. The van der Waals surface area contributed by atoms with Crippen LogP contribution in [-0.4, -0.2) is 22.8 Å². The Balaban J connectivity index is 1.91. The Morgan fingerprint density at radius 3 is 2.47 bits per heavy atom. The molecule has 4 N–H and O–H groups in total. The third kappa shape index (κ3) is 3.43. The zero-order valence-corrected chi connectivity index (χ0v) is 10.5. The minimum Gasteiger partial charge on any atom is -0.369 e. The van der Waals surface area contributed by atoms with Gasteiger partial charge < -0.3 is 16.0 Å². The van der Waals surface area contributed by atoms with Gasteiger partial charge in [-0.3, -0.25) is 14.4 Å². The van der Waals surface area contributed by atoms with Gasteiger partial charge in [-0.1, -0.05) is 6.07 Å². The molecule has 0 unspecified atom stereocenters. The van der Waals surface area contributed by atoms with Gasteiger partial charge in [0.25, 0.3) is 5.91 Å². The molecule has 2 rings (SSSR count). The van der Waals surface area contributed by atoms with Gasteiger partial charge in [-0.15, -0.1) is 0 Å². The maximum absolute atomic E-state index is 11.9. The maximum atomic E-state index is 11.9. The van der Waals surface area contributed by atoms with Gasteiger partial charge in [-0.05, 0) is 31.7 Å². The highest BCUT2D eigenvalue weighted by molar-refractivity contribution is 5.92. The largest absolute Gasteiger partial charge is 0.369 e. The molecule has 6 nitrogen and oxygen atoms in total. The Hall–Kier alpha value is -2.11. The van der Waals surface area contributed by atoms with Gasteiger partial charge in [0.1, 0.15) is 5.69 Å². The van der Waals surface area contributed by atoms with Crippen LogP contribution in [0.5, 0.6) is 0 Å². The number of carbonyl (C=O) groups is 2. The van der Waals surface area contributed by atoms with Gasteiger partial charge in [-0.2, -0.15) is 0 Å². The van der Waals surface area contributed by atoms with E-state index in [1.54, 1.807) is 6.07 Å². The summed E-state index contributed by atoms with van der Waals surface area (Å²) < 4.78 is 0. The summed E-state index contributed by atoms with van der Waals surface area (Å²) in [6, 6.07) is 4.49. The molecule has 0 radical (unpaired) electrons. The first-order valence-electron chi connectivity index (χ1n) is 6.36. The van der Waals surface area contributed by atoms with Crippen molar-refractivity contribution in [2.75, 3.05) is 0 Å². The zero-order valence-electron chi connectivity index (χ0n) is 10.5. The van der Waals surface area contributed by atoms with Gasteiger partial charge in [0.05, 0.1) is 0 Å². The summed E-state index contributed by atoms with van der Waals surface area (Å²) in [4.78, 5) is 36.5. The van der Waals surface area contributed by atoms with Crippen LogP contribution in [0.15, 0.2) is 23.0 Å². The number of nitrogens with one attached hydrogen (secondary N) is 2. The number of aromatic nitrogens is 1. The molecule has 0 aromatic carbocycles. The van der Waals surface area contributed by atoms with Crippen LogP contribution in [0.3, 0.4) is 0 Å². The highest BCUT2D eigenvalue weighted by Crippen LogP contribution is 2.23. The lowest BCUT2D eigenvalue weighted by molar-refractivity contribution is -0.122. The number of aromatic amines is 1. The summed E-state index contributed by atoms with van der Waals surface area (Å²) in [6.45, 7) is 0. The average Bonchev–Trinajstić information content (AvgIpc) is 2.39. The van der Waals surface area contributed by atoms with Crippen molar-refractivity contribution in [2.45, 2.75) is 31.7 Å². The number of hydrogen-bond acceptors (Lipinski definition) is 3. The molecule has 0 atom stereocenters. The summed E-state index contributed by atoms with van der Waals surface area (Å²) in [6.07, 6.45) is 2.87. The predicted octanol–water partition coefficient (Wildman–Crippen LogP) is 0.149. The molecule has 19 heavy (non-hydrogen) atoms. The van der Waals surface area contributed by atoms with E-state index in [2.05, 4.69) is 10.3 Å². The van der Waals surface area contributed by atoms with E-state index in [4.69, 9.17) is 5.73 Å². The third-order valence-corrected chi connectivity index (χ3v) is 3.48. The zero-order chi connectivity index (χ0) is 13.8. The third-order valence-electron chi connectivity index (χ3n) is 3.48. The highest BCUT2D eigenvalue weighted by Gasteiger charge is 2.25. The summed E-state index contributed by atoms with van der Waals surface area (Å²) in [5.41, 5.74) is 5.21. The van der Waals surface area contributed by atoms with Crippen molar-refractivity contribution in [3.8, 4) is 0 Å². The first kappa shape index (κ1) is 13.3. The van der Waals surface area contributed by atoms with Crippen molar-refractivity contribution in [1.82, 2.24) is 10.3 Å². The Bertz CT molecular complexity index is 530. The van der Waals surface area contributed by atoms with Gasteiger partial charge in [0, 0.05) is 18.0 Å². The Morgan fingerprint density at radius 1 is 1.21 bits per heavy atom. The number of hydrogen-bond donors (Lipinski definition) is 3. The van der Waals surface area contributed by atoms with E-state index in [0.29, 0.717) is 12.8 Å². The fourth-order valence-electron chi connectivity index (χ4n) is 2.37. The first-order valence-corrected chi connectivity index (χ1v) is 6.36. The summed E-state index contributed by atoms with van der Waals surface area (Å²) >= 11 is 0. The summed E-state index contributed by atoms with van der Waals surface area (Å²) in [7, 11) is 0. The fraction of sp³-hybridized carbons (Fsp3) is 0.462. The number of amides is 2. The van der Waals surface area contributed by atoms with Crippen LogP contribution in [0.25, 0.3) is 0 Å². The standard InChI is InChI=1S/C13H17N3O3/c14-12(18)8-4-6-9(7-5-8)15-13(19)10-2-1-3-11(17)16-10/h1-3,8-9H,4-7H2,(H2,14,18)(H,15,19)(H,16,17). The van der Waals surface area contributed by atoms with Crippen molar-refractivity contribution < 1.29 is 9.59 Å². The van der Waals surface area contributed by atoms with Crippen LogP contribution < -0.4 is 16.6 Å². The molecule has 0 spiro atoms. The van der Waals surface area contributed by atoms with Crippen molar-refractivity contribution in [1.29, 1.82) is 0 Å². The smallest absolute Gasteiger partial charge is 0.268 e. The number of nitrogens with two attached hydrogens (primary N) is 1. The summed E-state index contributed by atoms with van der Waals surface area (Å²) in [5.74, 6) is -0.637. The van der Waals surface area contributed by atoms with E-state index in [9.17, 15) is 14.4 Å². The molecule has 1 aliphatic rings. The van der Waals surface area contributed by atoms with Gasteiger partial charge in [0.15, 0.2) is 0 Å². The lowest BCUT2D eigenvalue weighted by Gasteiger charge is -2.27. The van der Waals surface area contributed by atoms with E-state index in [1.807, 2.05) is 0 Å². The van der Waals surface area contributed by atoms with Crippen molar-refractivity contribution >= 4 is 11.8 Å². The molecule has 0 bridgehead atoms. The molecular weight excluding hydrogens is 246 g/mol. The average molecular weight is 263 g/mol. The fourth-order valence-corrected chi connectivity index (χ4v) is 2.37. The highest BCUT2D eigenvalue weighted by atomic mass is 16.2. The van der Waals surface area contributed by atoms with E-state index in [1.165, 1.54) is 12.1 Å². The Kier molecular flexibility index (Phi) is 3.99. The van der Waals surface area contributed by atoms with E-state index in [0.717, 1.165) is 12.8 Å². The van der Waals surface area contributed by atoms with E-state index < -0.39 is 0 Å². The van der Waals surface area contributed by atoms with Crippen LogP contribution >= 0.6 is 0 Å². The minimum absolute atomic E-state index is 0.0341. The van der Waals surface area contributed by atoms with Crippen LogP contribution in [0.1, 0.15) is 36.2 Å². The number of carbonyl (C=O) groups excluding carboxylic acids is 2. The Morgan fingerprint density at radius 2 is 1.89 bits per heavy atom. The molecule has 1 fully saturated rings. The second-order valence-electron chi connectivity index (χ2n) is 4.85. The molecule has 1 saturated carbocycles. The maximum Gasteiger partial charge on any atom is 0.268 e. The van der Waals surface area contributed by atoms with Crippen LogP contribution in [-0.2, 0) is 4.79 Å². The quantitative estimate of drug-likeness (QED) is 0.722. The Labute approximate surface area is 110 Å². The van der Waals surface area contributed by atoms with E-state index in [-0.39, 0.29) is 35.0 Å². The van der Waals surface area contributed by atoms with Gasteiger partial charge >= 0.3 is 0 Å². The van der Waals surface area contributed by atoms with Crippen LogP contribution in [0.2, 0.25) is 0 Å². The molecule has 2 amide bonds. The molecule has 1 aromatic heterocycles. The number of rotatable bonds is 3. The van der Waals surface area contributed by atoms with Crippen molar-refractivity contribution in [3.63, 3.8) is 0 Å².